The van der Waals surface area contributed by atoms with E-state index >= 15 is 0 Å². The largest absolute Gasteiger partial charge is 0.360 e. The molecule has 1 N–H and O–H groups in total. The first-order valence-electron chi connectivity index (χ1n) is 11.0. The van der Waals surface area contributed by atoms with Crippen LogP contribution in [0.2, 0.25) is 0 Å². The fourth-order valence-electron chi connectivity index (χ4n) is 5.43. The number of carbonyl (C=O) groups is 1. The van der Waals surface area contributed by atoms with Gasteiger partial charge >= 0.3 is 0 Å². The maximum absolute atomic E-state index is 13.6. The van der Waals surface area contributed by atoms with Gasteiger partial charge in [-0.05, 0) is 37.2 Å². The number of aromatic nitrogens is 1. The first kappa shape index (κ1) is 19.3. The van der Waals surface area contributed by atoms with Gasteiger partial charge in [-0.1, -0.05) is 71.2 Å². The second-order valence-corrected chi connectivity index (χ2v) is 9.47. The van der Waals surface area contributed by atoms with Crippen LogP contribution >= 0.6 is 0 Å². The smallest absolute Gasteiger partial charge is 0.233 e. The lowest BCUT2D eigenvalue weighted by molar-refractivity contribution is -0.136. The zero-order chi connectivity index (χ0) is 19.9. The molecule has 1 aliphatic carbocycles. The number of H-pyrrole nitrogens is 1. The number of para-hydroxylation sites is 1. The van der Waals surface area contributed by atoms with Crippen LogP contribution in [0.4, 0.5) is 0 Å². The molecule has 1 saturated carbocycles. The summed E-state index contributed by atoms with van der Waals surface area (Å²) in [5.74, 6) is 0.318. The van der Waals surface area contributed by atoms with Gasteiger partial charge in [0.05, 0.1) is 5.41 Å². The molecule has 0 radical (unpaired) electrons. The van der Waals surface area contributed by atoms with Crippen LogP contribution in [-0.2, 0) is 4.79 Å². The first-order valence-corrected chi connectivity index (χ1v) is 11.0. The zero-order valence-corrected chi connectivity index (χ0v) is 17.8. The Hall–Kier alpha value is -2.03. The van der Waals surface area contributed by atoms with E-state index < -0.39 is 0 Å². The number of nitrogens with zero attached hydrogens (tertiary/aromatic N) is 1. The van der Waals surface area contributed by atoms with E-state index in [4.69, 9.17) is 0 Å². The number of benzene rings is 1. The molecule has 2 aromatic rings. The number of hydrogen-bond acceptors (Lipinski definition) is 1. The van der Waals surface area contributed by atoms with Crippen molar-refractivity contribution < 1.29 is 4.79 Å². The third-order valence-electron chi connectivity index (χ3n) is 7.70. The van der Waals surface area contributed by atoms with Gasteiger partial charge in [-0.15, -0.1) is 0 Å². The number of piperidine rings is 1. The summed E-state index contributed by atoms with van der Waals surface area (Å²) in [6.07, 6.45) is 12.6. The average molecular weight is 379 g/mol. The Bertz CT molecular complexity index is 906. The first-order chi connectivity index (χ1) is 13.4. The van der Waals surface area contributed by atoms with Crippen LogP contribution in [0.1, 0.15) is 78.2 Å². The van der Waals surface area contributed by atoms with Crippen molar-refractivity contribution in [3.05, 3.63) is 42.1 Å². The van der Waals surface area contributed by atoms with Gasteiger partial charge in [0, 0.05) is 34.4 Å². The van der Waals surface area contributed by atoms with Gasteiger partial charge in [0.25, 0.3) is 0 Å². The molecule has 28 heavy (non-hydrogen) atoms. The van der Waals surface area contributed by atoms with Gasteiger partial charge in [-0.25, -0.2) is 0 Å². The molecule has 1 amide bonds. The number of aromatic amines is 1. The molecule has 1 aliphatic heterocycles. The normalized spacial score (nSPS) is 26.6. The van der Waals surface area contributed by atoms with E-state index in [1.807, 2.05) is 0 Å². The highest BCUT2D eigenvalue weighted by Gasteiger charge is 2.66. The minimum Gasteiger partial charge on any atom is -0.360 e. The molecule has 2 atom stereocenters. The summed E-state index contributed by atoms with van der Waals surface area (Å²) in [4.78, 5) is 19.2. The molecule has 150 valence electrons. The highest BCUT2D eigenvalue weighted by molar-refractivity contribution is 6.00. The molecule has 1 aromatic carbocycles. The monoisotopic (exact) mass is 378 g/mol. The fourth-order valence-corrected chi connectivity index (χ4v) is 5.43. The second kappa shape index (κ2) is 7.09. The van der Waals surface area contributed by atoms with Crippen molar-refractivity contribution in [3.63, 3.8) is 0 Å². The van der Waals surface area contributed by atoms with Crippen LogP contribution in [0.5, 0.6) is 0 Å². The molecule has 0 spiro atoms. The van der Waals surface area contributed by atoms with Crippen molar-refractivity contribution in [1.82, 2.24) is 9.88 Å². The van der Waals surface area contributed by atoms with Gasteiger partial charge in [0.2, 0.25) is 5.91 Å². The van der Waals surface area contributed by atoms with E-state index in [-0.39, 0.29) is 10.8 Å². The Labute approximate surface area is 169 Å². The van der Waals surface area contributed by atoms with Crippen LogP contribution in [-0.4, -0.2) is 21.8 Å². The molecule has 2 aliphatic rings. The molecular formula is C25H34N2O. The lowest BCUT2D eigenvalue weighted by Crippen LogP contribution is -2.38. The number of hydrogen-bond donors (Lipinski definition) is 1. The van der Waals surface area contributed by atoms with Crippen LogP contribution < -0.4 is 0 Å². The van der Waals surface area contributed by atoms with Gasteiger partial charge in [0.1, 0.15) is 0 Å². The maximum Gasteiger partial charge on any atom is 0.233 e. The van der Waals surface area contributed by atoms with Crippen molar-refractivity contribution >= 4 is 22.5 Å². The highest BCUT2D eigenvalue weighted by atomic mass is 16.2. The van der Waals surface area contributed by atoms with Crippen molar-refractivity contribution in [1.29, 1.82) is 0 Å². The summed E-state index contributed by atoms with van der Waals surface area (Å²) >= 11 is 0. The Morgan fingerprint density at radius 3 is 2.71 bits per heavy atom. The topological polar surface area (TPSA) is 36.1 Å². The van der Waals surface area contributed by atoms with Gasteiger partial charge < -0.3 is 9.88 Å². The number of rotatable bonds is 7. The van der Waals surface area contributed by atoms with Crippen LogP contribution in [0.3, 0.4) is 0 Å². The van der Waals surface area contributed by atoms with Crippen LogP contribution in [0.15, 0.2) is 36.5 Å². The molecular weight excluding hydrogens is 344 g/mol. The molecule has 1 saturated heterocycles. The van der Waals surface area contributed by atoms with Crippen molar-refractivity contribution in [2.45, 2.75) is 78.7 Å². The number of nitrogens with one attached hydrogen (secondary N) is 1. The molecule has 2 bridgehead atoms. The predicted molar refractivity (Wildman–Crippen MR) is 117 cm³/mol. The van der Waals surface area contributed by atoms with E-state index in [0.717, 1.165) is 30.5 Å². The lowest BCUT2D eigenvalue weighted by atomic mass is 9.70. The number of likely N-dealkylation sites (tertiary alicyclic amines) is 1. The van der Waals surface area contributed by atoms with E-state index in [1.165, 1.54) is 36.6 Å². The quantitative estimate of drug-likeness (QED) is 0.547. The molecule has 1 aromatic heterocycles. The van der Waals surface area contributed by atoms with Gasteiger partial charge in [-0.2, -0.15) is 0 Å². The van der Waals surface area contributed by atoms with Crippen molar-refractivity contribution in [3.8, 4) is 0 Å². The molecule has 2 unspecified atom stereocenters. The number of allylic oxidation sites excluding steroid dienone is 1. The third-order valence-corrected chi connectivity index (χ3v) is 7.70. The van der Waals surface area contributed by atoms with Gasteiger partial charge in [-0.3, -0.25) is 4.79 Å². The number of amides is 1. The van der Waals surface area contributed by atoms with Crippen molar-refractivity contribution in [2.75, 3.05) is 0 Å². The average Bonchev–Trinajstić information content (AvgIpc) is 3.24. The van der Waals surface area contributed by atoms with Gasteiger partial charge in [0.15, 0.2) is 0 Å². The molecule has 4 rings (SSSR count). The Balaban J connectivity index is 1.74. The summed E-state index contributed by atoms with van der Waals surface area (Å²) in [5, 5.41) is 1.21. The van der Waals surface area contributed by atoms with E-state index in [1.54, 1.807) is 0 Å². The third kappa shape index (κ3) is 2.74. The maximum atomic E-state index is 13.6. The lowest BCUT2D eigenvalue weighted by Gasteiger charge is -2.32. The van der Waals surface area contributed by atoms with E-state index in [2.05, 4.69) is 74.1 Å². The van der Waals surface area contributed by atoms with Crippen molar-refractivity contribution in [2.24, 2.45) is 10.8 Å². The summed E-state index contributed by atoms with van der Waals surface area (Å²) in [7, 11) is 0. The predicted octanol–water partition coefficient (Wildman–Crippen LogP) is 6.52. The standard InChI is InChI=1S/C25H34N2O/c1-5-6-7-8-9-14-21(19-17-26-20-13-11-10-12-18(19)20)27-22-15-16-25(4,23(27)28)24(22,2)3/h10-14,17,22,26H,5-9,15-16H2,1-4H3/b21-14-. The number of unbranched alkanes of at least 4 members (excludes halogenated alkanes) is 4. The number of fused-ring (bicyclic) bond motifs is 3. The molecule has 3 heteroatoms. The fraction of sp³-hybridized carbons (Fsp3) is 0.560. The summed E-state index contributed by atoms with van der Waals surface area (Å²) in [6, 6.07) is 8.71. The van der Waals surface area contributed by atoms with E-state index in [0.29, 0.717) is 11.9 Å². The minimum absolute atomic E-state index is 0.0114. The summed E-state index contributed by atoms with van der Waals surface area (Å²) in [6.45, 7) is 9.01. The molecule has 2 heterocycles. The number of carbonyl (C=O) groups excluding carboxylic acids is 1. The van der Waals surface area contributed by atoms with E-state index in [9.17, 15) is 4.79 Å². The second-order valence-electron chi connectivity index (χ2n) is 9.47. The highest BCUT2D eigenvalue weighted by Crippen LogP contribution is 2.62. The Morgan fingerprint density at radius 2 is 2.00 bits per heavy atom. The molecule has 2 fully saturated rings. The Morgan fingerprint density at radius 1 is 1.21 bits per heavy atom. The molecule has 3 nitrogen and oxygen atoms in total. The Kier molecular flexibility index (Phi) is 4.89. The van der Waals surface area contributed by atoms with Crippen LogP contribution in [0, 0.1) is 10.8 Å². The summed E-state index contributed by atoms with van der Waals surface area (Å²) < 4.78 is 0. The SMILES string of the molecule is CCCCCC/C=C(/c1c[nH]c2ccccc12)N1C(=O)C2(C)CCC1C2(C)C. The zero-order valence-electron chi connectivity index (χ0n) is 17.8. The van der Waals surface area contributed by atoms with Crippen LogP contribution in [0.25, 0.3) is 16.6 Å². The summed E-state index contributed by atoms with van der Waals surface area (Å²) in [5.41, 5.74) is 3.20. The minimum atomic E-state index is -0.245.